The van der Waals surface area contributed by atoms with Crippen molar-refractivity contribution in [1.82, 2.24) is 23.9 Å². The van der Waals surface area contributed by atoms with Gasteiger partial charge in [0.1, 0.15) is 11.3 Å². The standard InChI is InChI=1S/C35H36N6O3/c1-38-27-11-7-6-10-23(27)15-29(38)33-37-26-14-25(35(43)40-20-24-12-13-28(40)31(24)36)16-30(44-2)32(26)41(33)19-21-17-39(18-21)34(42)22-8-4-3-5-9-22/h3-11,14-16,21,24,28,31H,12-13,17-20,36H2,1-2H3/t24-,28-,31-/m1/s1. The zero-order valence-electron chi connectivity index (χ0n) is 25.0. The third kappa shape index (κ3) is 4.13. The molecule has 0 radical (unpaired) electrons. The minimum absolute atomic E-state index is 0.0115. The lowest BCUT2D eigenvalue weighted by Gasteiger charge is -2.39. The van der Waals surface area contributed by atoms with E-state index in [1.807, 2.05) is 64.4 Å². The van der Waals surface area contributed by atoms with Crippen LogP contribution in [0.15, 0.2) is 72.8 Å². The number of benzene rings is 3. The van der Waals surface area contributed by atoms with Crippen molar-refractivity contribution >= 4 is 33.8 Å². The van der Waals surface area contributed by atoms with Gasteiger partial charge in [-0.25, -0.2) is 4.98 Å². The summed E-state index contributed by atoms with van der Waals surface area (Å²) >= 11 is 0. The summed E-state index contributed by atoms with van der Waals surface area (Å²) in [4.78, 5) is 35.9. The molecule has 5 aromatic rings. The minimum Gasteiger partial charge on any atom is -0.494 e. The molecule has 0 spiro atoms. The van der Waals surface area contributed by atoms with Gasteiger partial charge in [0.2, 0.25) is 0 Å². The van der Waals surface area contributed by atoms with Crippen LogP contribution in [0, 0.1) is 11.8 Å². The maximum absolute atomic E-state index is 13.8. The van der Waals surface area contributed by atoms with E-state index in [0.717, 1.165) is 46.3 Å². The Labute approximate surface area is 255 Å². The van der Waals surface area contributed by atoms with Crippen molar-refractivity contribution in [3.63, 3.8) is 0 Å². The van der Waals surface area contributed by atoms with E-state index in [1.54, 1.807) is 7.11 Å². The number of hydrogen-bond acceptors (Lipinski definition) is 5. The summed E-state index contributed by atoms with van der Waals surface area (Å²) < 4.78 is 10.4. The molecule has 2 aliphatic heterocycles. The van der Waals surface area contributed by atoms with Crippen LogP contribution in [0.1, 0.15) is 33.6 Å². The first-order chi connectivity index (χ1) is 21.4. The number of amides is 2. The number of carbonyl (C=O) groups is 2. The Morgan fingerprint density at radius 2 is 1.70 bits per heavy atom. The summed E-state index contributed by atoms with van der Waals surface area (Å²) in [6.45, 7) is 2.71. The number of piperidine rings is 1. The Hall–Kier alpha value is -4.63. The third-order valence-electron chi connectivity index (χ3n) is 10.1. The Balaban J connectivity index is 1.18. The lowest BCUT2D eigenvalue weighted by Crippen LogP contribution is -2.51. The van der Waals surface area contributed by atoms with E-state index in [1.165, 1.54) is 0 Å². The quantitative estimate of drug-likeness (QED) is 0.314. The van der Waals surface area contributed by atoms with Crippen LogP contribution in [-0.2, 0) is 13.6 Å². The predicted molar refractivity (Wildman–Crippen MR) is 170 cm³/mol. The second-order valence-corrected chi connectivity index (χ2v) is 12.6. The van der Waals surface area contributed by atoms with Crippen LogP contribution in [0.2, 0.25) is 0 Å². The van der Waals surface area contributed by atoms with Gasteiger partial charge in [-0.05, 0) is 55.2 Å². The van der Waals surface area contributed by atoms with E-state index in [2.05, 4.69) is 34.4 Å². The number of carbonyl (C=O) groups excluding carboxylic acids is 2. The molecule has 1 aliphatic carbocycles. The number of aryl methyl sites for hydroxylation is 1. The van der Waals surface area contributed by atoms with Crippen LogP contribution >= 0.6 is 0 Å². The molecule has 3 atom stereocenters. The minimum atomic E-state index is -0.0115. The summed E-state index contributed by atoms with van der Waals surface area (Å²) in [5.74, 6) is 2.11. The van der Waals surface area contributed by atoms with Crippen LogP contribution in [0.4, 0.5) is 0 Å². The number of likely N-dealkylation sites (tertiary alicyclic amines) is 2. The van der Waals surface area contributed by atoms with Gasteiger partial charge in [0.25, 0.3) is 11.8 Å². The summed E-state index contributed by atoms with van der Waals surface area (Å²) in [5, 5.41) is 1.13. The zero-order valence-corrected chi connectivity index (χ0v) is 25.0. The number of fused-ring (bicyclic) bond motifs is 4. The van der Waals surface area contributed by atoms with Gasteiger partial charge in [-0.15, -0.1) is 0 Å². The lowest BCUT2D eigenvalue weighted by molar-refractivity contribution is 0.0471. The molecule has 3 aromatic carbocycles. The van der Waals surface area contributed by atoms with Crippen molar-refractivity contribution in [1.29, 1.82) is 0 Å². The number of para-hydroxylation sites is 1. The fraction of sp³-hybridized carbons (Fsp3) is 0.343. The van der Waals surface area contributed by atoms with Gasteiger partial charge in [-0.1, -0.05) is 36.4 Å². The van der Waals surface area contributed by atoms with Gasteiger partial charge in [-0.2, -0.15) is 0 Å². The fourth-order valence-corrected chi connectivity index (χ4v) is 7.71. The van der Waals surface area contributed by atoms with E-state index in [-0.39, 0.29) is 29.8 Å². The van der Waals surface area contributed by atoms with Crippen LogP contribution in [0.5, 0.6) is 5.75 Å². The van der Waals surface area contributed by atoms with Gasteiger partial charge in [-0.3, -0.25) is 9.59 Å². The molecule has 3 aliphatic rings. The van der Waals surface area contributed by atoms with Crippen molar-refractivity contribution < 1.29 is 14.3 Å². The highest BCUT2D eigenvalue weighted by atomic mass is 16.5. The summed E-state index contributed by atoms with van der Waals surface area (Å²) in [5.41, 5.74) is 11.4. The number of nitrogens with zero attached hydrogens (tertiary/aromatic N) is 5. The number of ether oxygens (including phenoxy) is 1. The van der Waals surface area contributed by atoms with Crippen molar-refractivity contribution in [3.8, 4) is 17.3 Å². The number of nitrogens with two attached hydrogens (primary N) is 1. The topological polar surface area (TPSA) is 98.6 Å². The first-order valence-corrected chi connectivity index (χ1v) is 15.4. The van der Waals surface area contributed by atoms with E-state index < -0.39 is 0 Å². The number of imidazole rings is 1. The second kappa shape index (κ2) is 10.2. The van der Waals surface area contributed by atoms with Gasteiger partial charge in [0.15, 0.2) is 5.82 Å². The summed E-state index contributed by atoms with van der Waals surface area (Å²) in [6, 6.07) is 23.8. The largest absolute Gasteiger partial charge is 0.494 e. The molecule has 4 heterocycles. The summed E-state index contributed by atoms with van der Waals surface area (Å²) in [6.07, 6.45) is 2.05. The molecule has 2 aromatic heterocycles. The van der Waals surface area contributed by atoms with Gasteiger partial charge >= 0.3 is 0 Å². The normalized spacial score (nSPS) is 21.4. The van der Waals surface area contributed by atoms with E-state index in [0.29, 0.717) is 49.0 Å². The van der Waals surface area contributed by atoms with Gasteiger partial charge < -0.3 is 29.4 Å². The highest BCUT2D eigenvalue weighted by Gasteiger charge is 2.47. The number of hydrogen-bond donors (Lipinski definition) is 1. The Bertz CT molecular complexity index is 1920. The van der Waals surface area contributed by atoms with Gasteiger partial charge in [0.05, 0.1) is 18.3 Å². The lowest BCUT2D eigenvalue weighted by atomic mass is 9.98. The molecule has 44 heavy (non-hydrogen) atoms. The van der Waals surface area contributed by atoms with E-state index in [9.17, 15) is 9.59 Å². The molecule has 2 bridgehead atoms. The highest BCUT2D eigenvalue weighted by molar-refractivity contribution is 6.00. The fourth-order valence-electron chi connectivity index (χ4n) is 7.71. The van der Waals surface area contributed by atoms with Gasteiger partial charge in [0, 0.05) is 73.3 Å². The molecule has 9 nitrogen and oxygen atoms in total. The van der Waals surface area contributed by atoms with Crippen molar-refractivity contribution in [3.05, 3.63) is 83.9 Å². The van der Waals surface area contributed by atoms with Crippen molar-refractivity contribution in [2.75, 3.05) is 26.7 Å². The molecule has 0 unspecified atom stereocenters. The third-order valence-corrected chi connectivity index (χ3v) is 10.1. The predicted octanol–water partition coefficient (Wildman–Crippen LogP) is 4.54. The van der Waals surface area contributed by atoms with Crippen LogP contribution in [-0.4, -0.2) is 74.6 Å². The molecule has 1 saturated carbocycles. The smallest absolute Gasteiger partial charge is 0.254 e. The average Bonchev–Trinajstić information content (AvgIpc) is 3.77. The molecular formula is C35H36N6O3. The molecule has 2 amide bonds. The first-order valence-electron chi connectivity index (χ1n) is 15.4. The maximum atomic E-state index is 13.8. The van der Waals surface area contributed by atoms with Crippen molar-refractivity contribution in [2.24, 2.45) is 24.6 Å². The second-order valence-electron chi connectivity index (χ2n) is 12.6. The molecular weight excluding hydrogens is 552 g/mol. The molecule has 3 fully saturated rings. The molecule has 2 saturated heterocycles. The number of aromatic nitrogens is 3. The average molecular weight is 589 g/mol. The summed E-state index contributed by atoms with van der Waals surface area (Å²) in [7, 11) is 3.71. The Morgan fingerprint density at radius 3 is 2.41 bits per heavy atom. The highest BCUT2D eigenvalue weighted by Crippen LogP contribution is 2.40. The molecule has 8 rings (SSSR count). The van der Waals surface area contributed by atoms with Crippen LogP contribution in [0.25, 0.3) is 33.5 Å². The van der Waals surface area contributed by atoms with Crippen LogP contribution < -0.4 is 10.5 Å². The SMILES string of the molecule is COc1cc(C(=O)N2C[C@H]3CC[C@@H]2[C@@H]3N)cc2nc(-c3cc4ccccc4n3C)n(CC3CN(C(=O)c4ccccc4)C3)c12. The monoisotopic (exact) mass is 588 g/mol. The Morgan fingerprint density at radius 1 is 0.932 bits per heavy atom. The van der Waals surface area contributed by atoms with Crippen LogP contribution in [0.3, 0.4) is 0 Å². The molecule has 9 heteroatoms. The zero-order chi connectivity index (χ0) is 30.1. The van der Waals surface area contributed by atoms with Crippen molar-refractivity contribution in [2.45, 2.75) is 31.5 Å². The maximum Gasteiger partial charge on any atom is 0.254 e. The van der Waals surface area contributed by atoms with E-state index in [4.69, 9.17) is 15.5 Å². The van der Waals surface area contributed by atoms with E-state index >= 15 is 0 Å². The Kier molecular flexibility index (Phi) is 6.27. The molecule has 224 valence electrons. The number of rotatable bonds is 6. The number of methoxy groups -OCH3 is 1. The first kappa shape index (κ1) is 27.0. The molecule has 2 N–H and O–H groups in total.